The minimum absolute atomic E-state index is 0.00383. The van der Waals surface area contributed by atoms with Gasteiger partial charge in [-0.25, -0.2) is 0 Å². The second-order valence-electron chi connectivity index (χ2n) is 8.06. The standard InChI is InChI=1S/C21H26N4O4/c1-15(26)22-11-13-23(14-12-22)18(27)8-10-24-20(29)16-5-3-4-6-17(16)25-19(28)7-9-21(24,25)2/h3-6H,7-14H2,1-2H3. The first-order valence-electron chi connectivity index (χ1n) is 10.1. The maximum Gasteiger partial charge on any atom is 0.257 e. The Morgan fingerprint density at radius 1 is 1.03 bits per heavy atom. The monoisotopic (exact) mass is 398 g/mol. The molecule has 3 aliphatic rings. The molecule has 3 heterocycles. The minimum atomic E-state index is -0.740. The molecule has 4 amide bonds. The summed E-state index contributed by atoms with van der Waals surface area (Å²) in [4.78, 5) is 56.9. The molecule has 2 fully saturated rings. The molecule has 29 heavy (non-hydrogen) atoms. The third-order valence-corrected chi connectivity index (χ3v) is 6.37. The van der Waals surface area contributed by atoms with Gasteiger partial charge in [-0.2, -0.15) is 0 Å². The highest BCUT2D eigenvalue weighted by atomic mass is 16.2. The van der Waals surface area contributed by atoms with Crippen LogP contribution in [0.15, 0.2) is 24.3 Å². The molecule has 0 aliphatic carbocycles. The third kappa shape index (κ3) is 3.16. The smallest absolute Gasteiger partial charge is 0.257 e. The van der Waals surface area contributed by atoms with Crippen LogP contribution in [0.25, 0.3) is 0 Å². The molecule has 8 nitrogen and oxygen atoms in total. The Kier molecular flexibility index (Phi) is 4.80. The van der Waals surface area contributed by atoms with Crippen molar-refractivity contribution in [3.63, 3.8) is 0 Å². The van der Waals surface area contributed by atoms with Gasteiger partial charge in [-0.15, -0.1) is 0 Å². The summed E-state index contributed by atoms with van der Waals surface area (Å²) in [5.74, 6) is -0.139. The Labute approximate surface area is 170 Å². The van der Waals surface area contributed by atoms with Crippen LogP contribution in [0, 0.1) is 0 Å². The van der Waals surface area contributed by atoms with Gasteiger partial charge in [-0.05, 0) is 25.5 Å². The fourth-order valence-electron chi connectivity index (χ4n) is 4.68. The number of nitrogens with zero attached hydrogens (tertiary/aromatic N) is 4. The second-order valence-corrected chi connectivity index (χ2v) is 8.06. The fourth-order valence-corrected chi connectivity index (χ4v) is 4.68. The molecule has 4 rings (SSSR count). The molecular formula is C21H26N4O4. The van der Waals surface area contributed by atoms with Crippen LogP contribution in [0.4, 0.5) is 5.69 Å². The van der Waals surface area contributed by atoms with Crippen molar-refractivity contribution in [2.45, 2.75) is 38.8 Å². The summed E-state index contributed by atoms with van der Waals surface area (Å²) in [7, 11) is 0. The summed E-state index contributed by atoms with van der Waals surface area (Å²) < 4.78 is 0. The number of para-hydroxylation sites is 1. The van der Waals surface area contributed by atoms with Crippen molar-refractivity contribution in [2.75, 3.05) is 37.6 Å². The third-order valence-electron chi connectivity index (χ3n) is 6.37. The Hall–Kier alpha value is -2.90. The topological polar surface area (TPSA) is 81.2 Å². The lowest BCUT2D eigenvalue weighted by Gasteiger charge is -2.48. The number of hydrogen-bond donors (Lipinski definition) is 0. The van der Waals surface area contributed by atoms with Crippen LogP contribution in [0.1, 0.15) is 43.5 Å². The molecule has 154 valence electrons. The van der Waals surface area contributed by atoms with E-state index in [-0.39, 0.29) is 36.6 Å². The molecule has 1 aromatic rings. The Morgan fingerprint density at radius 2 is 1.69 bits per heavy atom. The van der Waals surface area contributed by atoms with E-state index in [1.807, 2.05) is 19.1 Å². The van der Waals surface area contributed by atoms with Crippen molar-refractivity contribution >= 4 is 29.3 Å². The zero-order chi connectivity index (χ0) is 20.8. The zero-order valence-corrected chi connectivity index (χ0v) is 16.9. The quantitative estimate of drug-likeness (QED) is 0.763. The van der Waals surface area contributed by atoms with E-state index in [1.165, 1.54) is 6.92 Å². The van der Waals surface area contributed by atoms with Crippen LogP contribution in [-0.2, 0) is 14.4 Å². The molecule has 1 aromatic carbocycles. The number of piperazine rings is 1. The van der Waals surface area contributed by atoms with Gasteiger partial charge in [-0.1, -0.05) is 12.1 Å². The molecule has 8 heteroatoms. The molecule has 0 radical (unpaired) electrons. The van der Waals surface area contributed by atoms with Crippen LogP contribution in [0.5, 0.6) is 0 Å². The summed E-state index contributed by atoms with van der Waals surface area (Å²) >= 11 is 0. The number of carbonyl (C=O) groups excluding carboxylic acids is 4. The largest absolute Gasteiger partial charge is 0.339 e. The highest BCUT2D eigenvalue weighted by molar-refractivity contribution is 6.10. The first-order valence-corrected chi connectivity index (χ1v) is 10.1. The van der Waals surface area contributed by atoms with E-state index in [9.17, 15) is 19.2 Å². The van der Waals surface area contributed by atoms with E-state index >= 15 is 0 Å². The number of amides is 4. The van der Waals surface area contributed by atoms with Crippen LogP contribution >= 0.6 is 0 Å². The Balaban J connectivity index is 1.49. The first kappa shape index (κ1) is 19.4. The molecule has 1 atom stereocenters. The molecule has 0 spiro atoms. The zero-order valence-electron chi connectivity index (χ0n) is 16.9. The highest BCUT2D eigenvalue weighted by Gasteiger charge is 2.52. The van der Waals surface area contributed by atoms with Gasteiger partial charge < -0.3 is 14.7 Å². The molecule has 3 aliphatic heterocycles. The van der Waals surface area contributed by atoms with E-state index in [0.29, 0.717) is 50.3 Å². The van der Waals surface area contributed by atoms with E-state index in [4.69, 9.17) is 0 Å². The van der Waals surface area contributed by atoms with Crippen molar-refractivity contribution in [3.05, 3.63) is 29.8 Å². The van der Waals surface area contributed by atoms with E-state index < -0.39 is 5.66 Å². The van der Waals surface area contributed by atoms with Crippen LogP contribution in [0.3, 0.4) is 0 Å². The van der Waals surface area contributed by atoms with Gasteiger partial charge in [-0.3, -0.25) is 24.1 Å². The lowest BCUT2D eigenvalue weighted by atomic mass is 9.98. The van der Waals surface area contributed by atoms with Crippen molar-refractivity contribution in [1.29, 1.82) is 0 Å². The summed E-state index contributed by atoms with van der Waals surface area (Å²) in [6, 6.07) is 7.17. The number of hydrogen-bond acceptors (Lipinski definition) is 4. The predicted octanol–water partition coefficient (Wildman–Crippen LogP) is 1.07. The number of benzene rings is 1. The summed E-state index contributed by atoms with van der Waals surface area (Å²) in [6.07, 6.45) is 1.14. The van der Waals surface area contributed by atoms with E-state index in [1.54, 1.807) is 31.7 Å². The second kappa shape index (κ2) is 7.17. The first-order chi connectivity index (χ1) is 13.8. The van der Waals surface area contributed by atoms with Gasteiger partial charge in [0.15, 0.2) is 0 Å². The van der Waals surface area contributed by atoms with Gasteiger partial charge in [0.1, 0.15) is 5.66 Å². The van der Waals surface area contributed by atoms with Crippen LogP contribution < -0.4 is 4.90 Å². The summed E-state index contributed by atoms with van der Waals surface area (Å²) in [5.41, 5.74) is 0.420. The molecule has 0 bridgehead atoms. The maximum atomic E-state index is 13.2. The van der Waals surface area contributed by atoms with Crippen molar-refractivity contribution in [3.8, 4) is 0 Å². The van der Waals surface area contributed by atoms with Gasteiger partial charge in [0.05, 0.1) is 11.3 Å². The van der Waals surface area contributed by atoms with Gasteiger partial charge in [0.2, 0.25) is 17.7 Å². The summed E-state index contributed by atoms with van der Waals surface area (Å²) in [6.45, 7) is 5.80. The van der Waals surface area contributed by atoms with Crippen molar-refractivity contribution < 1.29 is 19.2 Å². The molecule has 0 aromatic heterocycles. The molecular weight excluding hydrogens is 372 g/mol. The minimum Gasteiger partial charge on any atom is -0.339 e. The Morgan fingerprint density at radius 3 is 2.38 bits per heavy atom. The summed E-state index contributed by atoms with van der Waals surface area (Å²) in [5, 5.41) is 0. The average Bonchev–Trinajstić information content (AvgIpc) is 3.03. The van der Waals surface area contributed by atoms with Crippen LogP contribution in [0.2, 0.25) is 0 Å². The van der Waals surface area contributed by atoms with E-state index in [2.05, 4.69) is 0 Å². The SMILES string of the molecule is CC(=O)N1CCN(C(=O)CCN2C(=O)c3ccccc3N3C(=O)CCC23C)CC1. The number of rotatable bonds is 3. The lowest BCUT2D eigenvalue weighted by Crippen LogP contribution is -2.62. The van der Waals surface area contributed by atoms with Crippen molar-refractivity contribution in [2.24, 2.45) is 0 Å². The van der Waals surface area contributed by atoms with E-state index in [0.717, 1.165) is 0 Å². The van der Waals surface area contributed by atoms with Gasteiger partial charge in [0, 0.05) is 52.5 Å². The molecule has 0 saturated carbocycles. The predicted molar refractivity (Wildman–Crippen MR) is 106 cm³/mol. The number of anilines is 1. The normalized spacial score (nSPS) is 23.9. The number of carbonyl (C=O) groups is 4. The average molecular weight is 398 g/mol. The van der Waals surface area contributed by atoms with Crippen molar-refractivity contribution in [1.82, 2.24) is 14.7 Å². The maximum absolute atomic E-state index is 13.2. The van der Waals surface area contributed by atoms with Gasteiger partial charge >= 0.3 is 0 Å². The molecule has 2 saturated heterocycles. The van der Waals surface area contributed by atoms with Crippen LogP contribution in [-0.4, -0.2) is 76.7 Å². The Bertz CT molecular complexity index is 877. The lowest BCUT2D eigenvalue weighted by molar-refractivity contribution is -0.138. The molecule has 1 unspecified atom stereocenters. The van der Waals surface area contributed by atoms with Gasteiger partial charge in [0.25, 0.3) is 5.91 Å². The fraction of sp³-hybridized carbons (Fsp3) is 0.524. The number of fused-ring (bicyclic) bond motifs is 3. The highest BCUT2D eigenvalue weighted by Crippen LogP contribution is 2.43. The molecule has 0 N–H and O–H groups in total.